The van der Waals surface area contributed by atoms with Crippen molar-refractivity contribution in [3.05, 3.63) is 29.9 Å². The van der Waals surface area contributed by atoms with E-state index in [1.807, 2.05) is 0 Å². The van der Waals surface area contributed by atoms with E-state index in [1.165, 1.54) is 0 Å². The van der Waals surface area contributed by atoms with Gasteiger partial charge in [-0.05, 0) is 31.4 Å². The molecule has 1 N–H and O–H groups in total. The fourth-order valence-electron chi connectivity index (χ4n) is 3.42. The lowest BCUT2D eigenvalue weighted by Gasteiger charge is -2.38. The highest BCUT2D eigenvalue weighted by Gasteiger charge is 2.67. The fraction of sp³-hybridized carbons (Fsp3) is 0.438. The van der Waals surface area contributed by atoms with Gasteiger partial charge in [0.15, 0.2) is 0 Å². The normalized spacial score (nSPS) is 26.5. The lowest BCUT2D eigenvalue weighted by Crippen LogP contribution is -2.60. The van der Waals surface area contributed by atoms with Crippen LogP contribution in [-0.4, -0.2) is 32.7 Å². The fourth-order valence-corrected chi connectivity index (χ4v) is 4.26. The minimum absolute atomic E-state index is 0.0357. The molecule has 1 aliphatic carbocycles. The highest BCUT2D eigenvalue weighted by molar-refractivity contribution is 7.14. The Bertz CT molecular complexity index is 807. The molecule has 25 heavy (non-hydrogen) atoms. The summed E-state index contributed by atoms with van der Waals surface area (Å²) in [5.41, 5.74) is -1.35. The SMILES string of the molecule is O[C@@]1(C(F)(F)F)[C@@H]2CCCCC2=NN1c1nc(-c2ccncc2)cs1. The molecule has 0 unspecified atom stereocenters. The third-order valence-corrected chi connectivity index (χ3v) is 5.50. The van der Waals surface area contributed by atoms with Crippen LogP contribution < -0.4 is 5.01 Å². The molecule has 1 fully saturated rings. The Kier molecular flexibility index (Phi) is 3.80. The summed E-state index contributed by atoms with van der Waals surface area (Å²) in [6.07, 6.45) is 0.530. The predicted molar refractivity (Wildman–Crippen MR) is 88.2 cm³/mol. The smallest absolute Gasteiger partial charge is 0.362 e. The van der Waals surface area contributed by atoms with Crippen LogP contribution in [-0.2, 0) is 0 Å². The van der Waals surface area contributed by atoms with E-state index in [-0.39, 0.29) is 11.6 Å². The van der Waals surface area contributed by atoms with Gasteiger partial charge in [0.1, 0.15) is 0 Å². The summed E-state index contributed by atoms with van der Waals surface area (Å²) < 4.78 is 41.4. The number of nitrogens with zero attached hydrogens (tertiary/aromatic N) is 4. The molecule has 2 aromatic heterocycles. The molecule has 132 valence electrons. The zero-order valence-electron chi connectivity index (χ0n) is 13.1. The molecule has 0 spiro atoms. The number of halogens is 3. The number of rotatable bonds is 2. The summed E-state index contributed by atoms with van der Waals surface area (Å²) >= 11 is 1.03. The molecule has 1 saturated carbocycles. The summed E-state index contributed by atoms with van der Waals surface area (Å²) in [5, 5.41) is 17.1. The van der Waals surface area contributed by atoms with Gasteiger partial charge in [-0.3, -0.25) is 4.98 Å². The van der Waals surface area contributed by atoms with Crippen LogP contribution in [0.2, 0.25) is 0 Å². The van der Waals surface area contributed by atoms with Crippen molar-refractivity contribution in [3.8, 4) is 11.3 Å². The van der Waals surface area contributed by atoms with Crippen LogP contribution in [0, 0.1) is 5.92 Å². The minimum Gasteiger partial charge on any atom is -0.362 e. The molecule has 2 aromatic rings. The van der Waals surface area contributed by atoms with Gasteiger partial charge < -0.3 is 5.11 Å². The number of aliphatic hydroxyl groups is 1. The number of hydrogen-bond donors (Lipinski definition) is 1. The molecule has 3 heterocycles. The Labute approximate surface area is 145 Å². The van der Waals surface area contributed by atoms with Crippen molar-refractivity contribution in [2.24, 2.45) is 11.0 Å². The number of hydrazone groups is 1. The second-order valence-electron chi connectivity index (χ2n) is 6.18. The van der Waals surface area contributed by atoms with Crippen molar-refractivity contribution < 1.29 is 18.3 Å². The molecule has 0 bridgehead atoms. The van der Waals surface area contributed by atoms with Crippen molar-refractivity contribution in [2.75, 3.05) is 5.01 Å². The zero-order valence-corrected chi connectivity index (χ0v) is 13.9. The third-order valence-electron chi connectivity index (χ3n) is 4.68. The maximum atomic E-state index is 13.8. The van der Waals surface area contributed by atoms with Gasteiger partial charge in [-0.2, -0.15) is 23.3 Å². The molecule has 0 radical (unpaired) electrons. The molecule has 0 aromatic carbocycles. The first-order valence-corrected chi connectivity index (χ1v) is 8.82. The van der Waals surface area contributed by atoms with Crippen LogP contribution >= 0.6 is 11.3 Å². The van der Waals surface area contributed by atoms with Crippen molar-refractivity contribution in [3.63, 3.8) is 0 Å². The van der Waals surface area contributed by atoms with Crippen molar-refractivity contribution in [2.45, 2.75) is 37.6 Å². The summed E-state index contributed by atoms with van der Waals surface area (Å²) in [6.45, 7) is 0. The van der Waals surface area contributed by atoms with Crippen LogP contribution in [0.4, 0.5) is 18.3 Å². The van der Waals surface area contributed by atoms with E-state index < -0.39 is 17.8 Å². The van der Waals surface area contributed by atoms with Crippen LogP contribution in [0.25, 0.3) is 11.3 Å². The predicted octanol–water partition coefficient (Wildman–Crippen LogP) is 3.82. The maximum absolute atomic E-state index is 13.8. The number of pyridine rings is 1. The first-order chi connectivity index (χ1) is 11.9. The molecule has 9 heteroatoms. The Morgan fingerprint density at radius 3 is 2.72 bits per heavy atom. The number of fused-ring (bicyclic) bond motifs is 1. The van der Waals surface area contributed by atoms with Gasteiger partial charge in [-0.1, -0.05) is 6.42 Å². The van der Waals surface area contributed by atoms with Gasteiger partial charge in [0.05, 0.1) is 11.6 Å². The number of alkyl halides is 3. The Morgan fingerprint density at radius 2 is 2.00 bits per heavy atom. The minimum atomic E-state index is -4.83. The van der Waals surface area contributed by atoms with Gasteiger partial charge in [-0.25, -0.2) is 4.98 Å². The Morgan fingerprint density at radius 1 is 1.24 bits per heavy atom. The van der Waals surface area contributed by atoms with E-state index in [2.05, 4.69) is 15.1 Å². The largest absolute Gasteiger partial charge is 0.439 e. The molecule has 2 aliphatic rings. The van der Waals surface area contributed by atoms with E-state index >= 15 is 0 Å². The summed E-state index contributed by atoms with van der Waals surface area (Å²) in [6, 6.07) is 3.45. The number of aromatic nitrogens is 2. The first kappa shape index (κ1) is 16.5. The average molecular weight is 368 g/mol. The van der Waals surface area contributed by atoms with E-state index in [9.17, 15) is 18.3 Å². The quantitative estimate of drug-likeness (QED) is 0.875. The molecule has 4 rings (SSSR count). The molecule has 1 aliphatic heterocycles. The van der Waals surface area contributed by atoms with E-state index in [4.69, 9.17) is 0 Å². The van der Waals surface area contributed by atoms with Gasteiger partial charge in [0, 0.05) is 29.0 Å². The van der Waals surface area contributed by atoms with Gasteiger partial charge in [0.2, 0.25) is 5.13 Å². The van der Waals surface area contributed by atoms with E-state index in [1.54, 1.807) is 29.9 Å². The Balaban J connectivity index is 1.75. The molecule has 0 saturated heterocycles. The molecule has 5 nitrogen and oxygen atoms in total. The number of thiazole rings is 1. The zero-order chi connectivity index (χ0) is 17.7. The maximum Gasteiger partial charge on any atom is 0.439 e. The lowest BCUT2D eigenvalue weighted by atomic mass is 9.80. The summed E-state index contributed by atoms with van der Waals surface area (Å²) in [5.74, 6) is -1.03. The molecular formula is C16H15F3N4OS. The topological polar surface area (TPSA) is 61.6 Å². The van der Waals surface area contributed by atoms with Crippen LogP contribution in [0.5, 0.6) is 0 Å². The van der Waals surface area contributed by atoms with Crippen LogP contribution in [0.3, 0.4) is 0 Å². The number of anilines is 1. The lowest BCUT2D eigenvalue weighted by molar-refractivity contribution is -0.269. The second kappa shape index (κ2) is 5.77. The molecule has 2 atom stereocenters. The first-order valence-electron chi connectivity index (χ1n) is 7.94. The third kappa shape index (κ3) is 2.53. The van der Waals surface area contributed by atoms with Crippen molar-refractivity contribution in [1.29, 1.82) is 0 Å². The standard InChI is InChI=1S/C16H15F3N4OS/c17-16(18,19)15(24)11-3-1-2-4-12(11)22-23(15)14-21-13(9-25-14)10-5-7-20-8-6-10/h5-9,11,24H,1-4H2/t11-,15-/m1/s1. The van der Waals surface area contributed by atoms with Crippen LogP contribution in [0.15, 0.2) is 35.0 Å². The number of hydrogen-bond acceptors (Lipinski definition) is 6. The highest BCUT2D eigenvalue weighted by atomic mass is 32.1. The Hall–Kier alpha value is -2.00. The summed E-state index contributed by atoms with van der Waals surface area (Å²) in [4.78, 5) is 8.19. The molecular weight excluding hydrogens is 353 g/mol. The van der Waals surface area contributed by atoms with Crippen molar-refractivity contribution in [1.82, 2.24) is 9.97 Å². The molecule has 0 amide bonds. The monoisotopic (exact) mass is 368 g/mol. The van der Waals surface area contributed by atoms with E-state index in [0.29, 0.717) is 29.3 Å². The van der Waals surface area contributed by atoms with E-state index in [0.717, 1.165) is 23.3 Å². The van der Waals surface area contributed by atoms with Crippen LogP contribution in [0.1, 0.15) is 25.7 Å². The highest BCUT2D eigenvalue weighted by Crippen LogP contribution is 2.50. The average Bonchev–Trinajstić information content (AvgIpc) is 3.19. The second-order valence-corrected chi connectivity index (χ2v) is 7.01. The van der Waals surface area contributed by atoms with Gasteiger partial charge >= 0.3 is 6.18 Å². The summed E-state index contributed by atoms with van der Waals surface area (Å²) in [7, 11) is 0. The van der Waals surface area contributed by atoms with Gasteiger partial charge in [0.25, 0.3) is 5.72 Å². The van der Waals surface area contributed by atoms with Gasteiger partial charge in [-0.15, -0.1) is 11.3 Å². The van der Waals surface area contributed by atoms with Crippen molar-refractivity contribution >= 4 is 22.2 Å².